The monoisotopic (exact) mass is 239 g/mol. The van der Waals surface area contributed by atoms with Crippen LogP contribution in [0.25, 0.3) is 0 Å². The normalized spacial score (nSPS) is 11.6. The lowest BCUT2D eigenvalue weighted by molar-refractivity contribution is 0.183. The molecule has 0 saturated heterocycles. The smallest absolute Gasteiger partial charge is 0.123 e. The molecule has 17 heavy (non-hydrogen) atoms. The van der Waals surface area contributed by atoms with E-state index >= 15 is 0 Å². The van der Waals surface area contributed by atoms with E-state index in [1.54, 1.807) is 0 Å². The fraction of sp³-hybridized carbons (Fsp3) is 0.769. The van der Waals surface area contributed by atoms with Gasteiger partial charge in [0.05, 0.1) is 13.2 Å². The molecule has 0 aromatic carbocycles. The third-order valence-electron chi connectivity index (χ3n) is 2.91. The maximum atomic E-state index is 9.07. The van der Waals surface area contributed by atoms with Crippen LogP contribution in [-0.4, -0.2) is 39.3 Å². The molecule has 1 rings (SSSR count). The van der Waals surface area contributed by atoms with Gasteiger partial charge in [0.15, 0.2) is 0 Å². The Bertz CT molecular complexity index is 309. The van der Waals surface area contributed by atoms with Crippen molar-refractivity contribution in [3.8, 4) is 0 Å². The molecule has 0 saturated carbocycles. The molecule has 4 heteroatoms. The van der Waals surface area contributed by atoms with Gasteiger partial charge >= 0.3 is 0 Å². The predicted octanol–water partition coefficient (Wildman–Crippen LogP) is 2.06. The molecule has 1 aromatic heterocycles. The molecule has 0 radical (unpaired) electrons. The van der Waals surface area contributed by atoms with E-state index in [-0.39, 0.29) is 6.61 Å². The minimum atomic E-state index is 0.214. The van der Waals surface area contributed by atoms with Crippen molar-refractivity contribution in [1.29, 1.82) is 0 Å². The van der Waals surface area contributed by atoms with Crippen LogP contribution >= 0.6 is 0 Å². The van der Waals surface area contributed by atoms with Crippen molar-refractivity contribution in [3.05, 3.63) is 18.2 Å². The van der Waals surface area contributed by atoms with Crippen LogP contribution in [-0.2, 0) is 6.54 Å². The van der Waals surface area contributed by atoms with E-state index in [9.17, 15) is 0 Å². The summed E-state index contributed by atoms with van der Waals surface area (Å²) in [6.45, 7) is 9.30. The number of nitrogens with zero attached hydrogens (tertiary/aromatic N) is 3. The zero-order valence-electron chi connectivity index (χ0n) is 11.3. The number of aliphatic hydroxyl groups excluding tert-OH is 1. The highest BCUT2D eigenvalue weighted by atomic mass is 16.3. The third-order valence-corrected chi connectivity index (χ3v) is 2.91. The van der Waals surface area contributed by atoms with E-state index in [2.05, 4.69) is 35.2 Å². The van der Waals surface area contributed by atoms with Crippen LogP contribution in [0.4, 0.5) is 0 Å². The van der Waals surface area contributed by atoms with Crippen LogP contribution in [0.1, 0.15) is 45.5 Å². The summed E-state index contributed by atoms with van der Waals surface area (Å²) >= 11 is 0. The maximum Gasteiger partial charge on any atom is 0.123 e. The molecule has 0 amide bonds. The zero-order chi connectivity index (χ0) is 12.7. The van der Waals surface area contributed by atoms with Crippen molar-refractivity contribution in [1.82, 2.24) is 14.5 Å². The number of aromatic nitrogens is 2. The van der Waals surface area contributed by atoms with Gasteiger partial charge in [-0.25, -0.2) is 4.98 Å². The molecule has 0 bridgehead atoms. The number of unbranched alkanes of at least 4 members (excludes halogenated alkanes) is 1. The number of aliphatic hydroxyl groups is 1. The number of imidazole rings is 1. The van der Waals surface area contributed by atoms with E-state index in [0.29, 0.717) is 6.04 Å². The van der Waals surface area contributed by atoms with Gasteiger partial charge in [0.25, 0.3) is 0 Å². The van der Waals surface area contributed by atoms with Crippen molar-refractivity contribution in [2.75, 3.05) is 19.7 Å². The van der Waals surface area contributed by atoms with Crippen molar-refractivity contribution in [2.24, 2.45) is 0 Å². The lowest BCUT2D eigenvalue weighted by Crippen LogP contribution is -2.29. The van der Waals surface area contributed by atoms with Crippen LogP contribution in [0.15, 0.2) is 12.4 Å². The summed E-state index contributed by atoms with van der Waals surface area (Å²) in [5.41, 5.74) is 0. The van der Waals surface area contributed by atoms with Crippen molar-refractivity contribution in [3.63, 3.8) is 0 Å². The molecule has 98 valence electrons. The molecule has 0 aliphatic rings. The minimum absolute atomic E-state index is 0.214. The first kappa shape index (κ1) is 14.2. The minimum Gasteiger partial charge on any atom is -0.395 e. The van der Waals surface area contributed by atoms with E-state index in [4.69, 9.17) is 5.11 Å². The Morgan fingerprint density at radius 3 is 2.76 bits per heavy atom. The second kappa shape index (κ2) is 7.45. The molecular weight excluding hydrogens is 214 g/mol. The molecule has 0 atom stereocenters. The van der Waals surface area contributed by atoms with Gasteiger partial charge in [0.1, 0.15) is 5.82 Å². The SMILES string of the molecule is CCCCN(CCO)Cc1nccn1C(C)C. The van der Waals surface area contributed by atoms with E-state index in [1.165, 1.54) is 12.8 Å². The highest BCUT2D eigenvalue weighted by molar-refractivity contribution is 4.94. The predicted molar refractivity (Wildman–Crippen MR) is 69.9 cm³/mol. The molecule has 4 nitrogen and oxygen atoms in total. The topological polar surface area (TPSA) is 41.3 Å². The van der Waals surface area contributed by atoms with E-state index < -0.39 is 0 Å². The summed E-state index contributed by atoms with van der Waals surface area (Å²) in [6.07, 6.45) is 6.23. The van der Waals surface area contributed by atoms with Crippen molar-refractivity contribution < 1.29 is 5.11 Å². The highest BCUT2D eigenvalue weighted by Crippen LogP contribution is 2.10. The lowest BCUT2D eigenvalue weighted by Gasteiger charge is -2.22. The van der Waals surface area contributed by atoms with Gasteiger partial charge in [-0.1, -0.05) is 13.3 Å². The molecule has 1 aromatic rings. The summed E-state index contributed by atoms with van der Waals surface area (Å²) in [6, 6.07) is 0.439. The summed E-state index contributed by atoms with van der Waals surface area (Å²) in [5, 5.41) is 9.07. The Hall–Kier alpha value is -0.870. The molecular formula is C13H25N3O. The molecule has 1 heterocycles. The van der Waals surface area contributed by atoms with Gasteiger partial charge < -0.3 is 9.67 Å². The van der Waals surface area contributed by atoms with Gasteiger partial charge in [0, 0.05) is 25.0 Å². The van der Waals surface area contributed by atoms with Crippen LogP contribution in [0.2, 0.25) is 0 Å². The molecule has 0 fully saturated rings. The maximum absolute atomic E-state index is 9.07. The first-order valence-corrected chi connectivity index (χ1v) is 6.54. The van der Waals surface area contributed by atoms with Gasteiger partial charge in [-0.3, -0.25) is 4.90 Å². The van der Waals surface area contributed by atoms with Crippen LogP contribution < -0.4 is 0 Å². The molecule has 1 N–H and O–H groups in total. The summed E-state index contributed by atoms with van der Waals surface area (Å²) in [7, 11) is 0. The average molecular weight is 239 g/mol. The van der Waals surface area contributed by atoms with E-state index in [0.717, 1.165) is 25.5 Å². The van der Waals surface area contributed by atoms with Crippen LogP contribution in [0.3, 0.4) is 0 Å². The average Bonchev–Trinajstić information content (AvgIpc) is 2.74. The second-order valence-corrected chi connectivity index (χ2v) is 4.70. The molecule has 0 aliphatic heterocycles. The Labute approximate surface area is 104 Å². The van der Waals surface area contributed by atoms with Gasteiger partial charge in [0.2, 0.25) is 0 Å². The van der Waals surface area contributed by atoms with Crippen molar-refractivity contribution in [2.45, 2.75) is 46.2 Å². The zero-order valence-corrected chi connectivity index (χ0v) is 11.3. The summed E-state index contributed by atoms with van der Waals surface area (Å²) in [5.74, 6) is 1.09. The Balaban J connectivity index is 2.61. The largest absolute Gasteiger partial charge is 0.395 e. The standard InChI is InChI=1S/C13H25N3O/c1-4-5-7-15(9-10-17)11-13-14-6-8-16(13)12(2)3/h6,8,12,17H,4-5,7,9-11H2,1-3H3. The first-order chi connectivity index (χ1) is 8.19. The fourth-order valence-electron chi connectivity index (χ4n) is 1.93. The molecule has 0 aliphatic carbocycles. The number of rotatable bonds is 8. The van der Waals surface area contributed by atoms with E-state index in [1.807, 2.05) is 12.4 Å². The van der Waals surface area contributed by atoms with Crippen LogP contribution in [0, 0.1) is 0 Å². The quantitative estimate of drug-likeness (QED) is 0.755. The lowest BCUT2D eigenvalue weighted by atomic mass is 10.3. The Morgan fingerprint density at radius 2 is 2.18 bits per heavy atom. The molecule has 0 unspecified atom stereocenters. The number of hydrogen-bond donors (Lipinski definition) is 1. The van der Waals surface area contributed by atoms with Gasteiger partial charge in [-0.2, -0.15) is 0 Å². The fourth-order valence-corrected chi connectivity index (χ4v) is 1.93. The Morgan fingerprint density at radius 1 is 1.41 bits per heavy atom. The van der Waals surface area contributed by atoms with Gasteiger partial charge in [-0.15, -0.1) is 0 Å². The summed E-state index contributed by atoms with van der Waals surface area (Å²) in [4.78, 5) is 6.68. The Kier molecular flexibility index (Phi) is 6.22. The molecule has 0 spiro atoms. The number of hydrogen-bond acceptors (Lipinski definition) is 3. The van der Waals surface area contributed by atoms with Crippen LogP contribution in [0.5, 0.6) is 0 Å². The van der Waals surface area contributed by atoms with Gasteiger partial charge in [-0.05, 0) is 26.8 Å². The third kappa shape index (κ3) is 4.48. The first-order valence-electron chi connectivity index (χ1n) is 6.54. The second-order valence-electron chi connectivity index (χ2n) is 4.70. The summed E-state index contributed by atoms with van der Waals surface area (Å²) < 4.78 is 2.19. The van der Waals surface area contributed by atoms with Crippen molar-refractivity contribution >= 4 is 0 Å². The highest BCUT2D eigenvalue weighted by Gasteiger charge is 2.10.